The number of aryl methyl sites for hydroxylation is 2. The topological polar surface area (TPSA) is 79.0 Å². The van der Waals surface area contributed by atoms with Crippen LogP contribution in [0.25, 0.3) is 0 Å². The van der Waals surface area contributed by atoms with Crippen LogP contribution >= 0.6 is 11.6 Å². The molecular formula is C8H11ClN4O2S. The highest BCUT2D eigenvalue weighted by Crippen LogP contribution is 2.26. The highest BCUT2D eigenvalue weighted by atomic mass is 35.5. The molecule has 0 N–H and O–H groups in total. The number of rotatable bonds is 3. The van der Waals surface area contributed by atoms with Crippen molar-refractivity contribution in [1.82, 2.24) is 14.1 Å². The van der Waals surface area contributed by atoms with Gasteiger partial charge in [0.2, 0.25) is 10.0 Å². The van der Waals surface area contributed by atoms with Crippen molar-refractivity contribution < 1.29 is 8.42 Å². The van der Waals surface area contributed by atoms with E-state index in [2.05, 4.69) is 5.10 Å². The Morgan fingerprint density at radius 1 is 1.62 bits per heavy atom. The third kappa shape index (κ3) is 2.04. The second-order valence-corrected chi connectivity index (χ2v) is 5.59. The van der Waals surface area contributed by atoms with Crippen LogP contribution < -0.4 is 0 Å². The van der Waals surface area contributed by atoms with Crippen LogP contribution in [0.3, 0.4) is 0 Å². The number of nitriles is 1. The van der Waals surface area contributed by atoms with Crippen LogP contribution in [0.1, 0.15) is 5.69 Å². The van der Waals surface area contributed by atoms with Crippen LogP contribution in [0, 0.1) is 18.3 Å². The van der Waals surface area contributed by atoms with Gasteiger partial charge in [-0.2, -0.15) is 14.7 Å². The Kier molecular flexibility index (Phi) is 3.57. The largest absolute Gasteiger partial charge is 0.255 e. The van der Waals surface area contributed by atoms with Gasteiger partial charge in [0, 0.05) is 14.1 Å². The van der Waals surface area contributed by atoms with E-state index in [1.165, 1.54) is 11.7 Å². The number of sulfonamides is 1. The van der Waals surface area contributed by atoms with Crippen molar-refractivity contribution >= 4 is 21.6 Å². The predicted octanol–water partition coefficient (Wildman–Crippen LogP) is 0.526. The molecule has 0 spiro atoms. The van der Waals surface area contributed by atoms with Gasteiger partial charge < -0.3 is 0 Å². The van der Waals surface area contributed by atoms with Crippen LogP contribution in [0.4, 0.5) is 0 Å². The first-order valence-corrected chi connectivity index (χ1v) is 6.16. The first kappa shape index (κ1) is 13.0. The maximum Gasteiger partial charge on any atom is 0.248 e. The average Bonchev–Trinajstić information content (AvgIpc) is 2.41. The zero-order valence-corrected chi connectivity index (χ0v) is 10.7. The van der Waals surface area contributed by atoms with Crippen LogP contribution in [-0.4, -0.2) is 36.1 Å². The van der Waals surface area contributed by atoms with Gasteiger partial charge in [0.25, 0.3) is 0 Å². The van der Waals surface area contributed by atoms with Gasteiger partial charge in [-0.05, 0) is 6.92 Å². The van der Waals surface area contributed by atoms with E-state index in [9.17, 15) is 8.42 Å². The molecule has 88 valence electrons. The van der Waals surface area contributed by atoms with Crippen molar-refractivity contribution in [2.75, 3.05) is 13.6 Å². The van der Waals surface area contributed by atoms with E-state index >= 15 is 0 Å². The minimum absolute atomic E-state index is 0.0438. The molecule has 1 rings (SSSR count). The Balaban J connectivity index is 3.34. The van der Waals surface area contributed by atoms with Crippen molar-refractivity contribution in [3.05, 3.63) is 10.8 Å². The van der Waals surface area contributed by atoms with Crippen molar-refractivity contribution in [2.24, 2.45) is 7.05 Å². The normalized spacial score (nSPS) is 11.8. The summed E-state index contributed by atoms with van der Waals surface area (Å²) in [6, 6.07) is 1.77. The van der Waals surface area contributed by atoms with Crippen molar-refractivity contribution in [2.45, 2.75) is 11.8 Å². The number of halogens is 1. The Labute approximate surface area is 99.1 Å². The Morgan fingerprint density at radius 2 is 2.19 bits per heavy atom. The van der Waals surface area contributed by atoms with Gasteiger partial charge in [0.1, 0.15) is 16.6 Å². The zero-order chi connectivity index (χ0) is 12.5. The molecule has 6 nitrogen and oxygen atoms in total. The van der Waals surface area contributed by atoms with Gasteiger partial charge in [-0.25, -0.2) is 8.42 Å². The molecule has 0 aliphatic heterocycles. The lowest BCUT2D eigenvalue weighted by Crippen LogP contribution is -2.27. The molecule has 1 aromatic heterocycles. The monoisotopic (exact) mass is 262 g/mol. The lowest BCUT2D eigenvalue weighted by Gasteiger charge is -2.12. The number of aromatic nitrogens is 2. The molecule has 1 heterocycles. The van der Waals surface area contributed by atoms with E-state index in [-0.39, 0.29) is 16.6 Å². The lowest BCUT2D eigenvalue weighted by atomic mass is 10.5. The van der Waals surface area contributed by atoms with Gasteiger partial charge in [-0.15, -0.1) is 0 Å². The summed E-state index contributed by atoms with van der Waals surface area (Å²) in [7, 11) is -0.871. The van der Waals surface area contributed by atoms with Crippen molar-refractivity contribution in [1.29, 1.82) is 5.26 Å². The number of nitrogens with zero attached hydrogens (tertiary/aromatic N) is 4. The molecule has 8 heteroatoms. The quantitative estimate of drug-likeness (QED) is 0.744. The highest BCUT2D eigenvalue weighted by Gasteiger charge is 2.28. The Hall–Kier alpha value is -1.10. The lowest BCUT2D eigenvalue weighted by molar-refractivity contribution is 0.501. The fraction of sp³-hybridized carbons (Fsp3) is 0.500. The van der Waals surface area contributed by atoms with Gasteiger partial charge in [-0.3, -0.25) is 4.68 Å². The fourth-order valence-corrected chi connectivity index (χ4v) is 3.01. The summed E-state index contributed by atoms with van der Waals surface area (Å²) in [5.41, 5.74) is 0.317. The molecular weight excluding hydrogens is 252 g/mol. The minimum atomic E-state index is -3.75. The molecule has 0 radical (unpaired) electrons. The van der Waals surface area contributed by atoms with Crippen molar-refractivity contribution in [3.8, 4) is 6.07 Å². The van der Waals surface area contributed by atoms with Gasteiger partial charge in [0.05, 0.1) is 11.8 Å². The summed E-state index contributed by atoms with van der Waals surface area (Å²) >= 11 is 5.85. The van der Waals surface area contributed by atoms with Crippen LogP contribution in [0.2, 0.25) is 5.15 Å². The van der Waals surface area contributed by atoms with Crippen molar-refractivity contribution in [3.63, 3.8) is 0 Å². The molecule has 16 heavy (non-hydrogen) atoms. The molecule has 0 unspecified atom stereocenters. The molecule has 0 aliphatic rings. The van der Waals surface area contributed by atoms with E-state index in [0.717, 1.165) is 4.31 Å². The van der Waals surface area contributed by atoms with Crippen LogP contribution in [0.15, 0.2) is 4.90 Å². The van der Waals surface area contributed by atoms with E-state index < -0.39 is 10.0 Å². The van der Waals surface area contributed by atoms with E-state index in [4.69, 9.17) is 16.9 Å². The SMILES string of the molecule is Cc1nn(C)c(Cl)c1S(=O)(=O)N(C)CC#N. The first-order chi connectivity index (χ1) is 7.32. The standard InChI is InChI=1S/C8H11ClN4O2S/c1-6-7(8(9)13(3)11-6)16(14,15)12(2)5-4-10/h5H2,1-3H3. The molecule has 1 aromatic rings. The fourth-order valence-electron chi connectivity index (χ4n) is 1.24. The highest BCUT2D eigenvalue weighted by molar-refractivity contribution is 7.89. The zero-order valence-electron chi connectivity index (χ0n) is 9.10. The Bertz CT molecular complexity index is 543. The summed E-state index contributed by atoms with van der Waals surface area (Å²) in [6.07, 6.45) is 0. The summed E-state index contributed by atoms with van der Waals surface area (Å²) in [6.45, 7) is 1.33. The smallest absolute Gasteiger partial charge is 0.248 e. The summed E-state index contributed by atoms with van der Waals surface area (Å²) in [4.78, 5) is -0.0468. The van der Waals surface area contributed by atoms with E-state index in [1.807, 2.05) is 0 Å². The summed E-state index contributed by atoms with van der Waals surface area (Å²) in [5, 5.41) is 12.4. The molecule has 0 fully saturated rings. The molecule has 0 aliphatic carbocycles. The molecule has 0 bridgehead atoms. The van der Waals surface area contributed by atoms with E-state index in [1.54, 1.807) is 20.0 Å². The van der Waals surface area contributed by atoms with Gasteiger partial charge in [0.15, 0.2) is 0 Å². The maximum absolute atomic E-state index is 12.0. The number of hydrogen-bond acceptors (Lipinski definition) is 4. The molecule has 0 amide bonds. The second-order valence-electron chi connectivity index (χ2n) is 3.25. The predicted molar refractivity (Wildman–Crippen MR) is 58.4 cm³/mol. The first-order valence-electron chi connectivity index (χ1n) is 4.34. The molecule has 0 saturated heterocycles. The Morgan fingerprint density at radius 3 is 2.56 bits per heavy atom. The van der Waals surface area contributed by atoms with Gasteiger partial charge >= 0.3 is 0 Å². The second kappa shape index (κ2) is 4.41. The minimum Gasteiger partial charge on any atom is -0.255 e. The molecule has 0 atom stereocenters. The summed E-state index contributed by atoms with van der Waals surface area (Å²) < 4.78 is 26.2. The van der Waals surface area contributed by atoms with Crippen LogP contribution in [-0.2, 0) is 17.1 Å². The van der Waals surface area contributed by atoms with E-state index in [0.29, 0.717) is 5.69 Å². The third-order valence-electron chi connectivity index (χ3n) is 2.06. The van der Waals surface area contributed by atoms with Crippen LogP contribution in [0.5, 0.6) is 0 Å². The number of hydrogen-bond donors (Lipinski definition) is 0. The summed E-state index contributed by atoms with van der Waals surface area (Å²) in [5.74, 6) is 0. The molecule has 0 aromatic carbocycles. The third-order valence-corrected chi connectivity index (χ3v) is 4.56. The molecule has 0 saturated carbocycles. The average molecular weight is 263 g/mol. The maximum atomic E-state index is 12.0. The van der Waals surface area contributed by atoms with Gasteiger partial charge in [-0.1, -0.05) is 11.6 Å².